The Labute approximate surface area is 121 Å². The number of aliphatic carboxylic acids is 1. The van der Waals surface area contributed by atoms with Crippen LogP contribution in [0.25, 0.3) is 0 Å². The normalized spacial score (nSPS) is 12.4. The molecule has 0 amide bonds. The van der Waals surface area contributed by atoms with Crippen LogP contribution < -0.4 is 0 Å². The van der Waals surface area contributed by atoms with Crippen molar-refractivity contribution in [3.8, 4) is 0 Å². The van der Waals surface area contributed by atoms with E-state index in [4.69, 9.17) is 5.11 Å². The lowest BCUT2D eigenvalue weighted by atomic mass is 10.1. The summed E-state index contributed by atoms with van der Waals surface area (Å²) in [6.07, 6.45) is 0.841. The van der Waals surface area contributed by atoms with Crippen molar-refractivity contribution in [2.75, 3.05) is 6.54 Å². The summed E-state index contributed by atoms with van der Waals surface area (Å²) < 4.78 is 25.7. The Morgan fingerprint density at radius 3 is 2.33 bits per heavy atom. The van der Waals surface area contributed by atoms with Crippen molar-refractivity contribution < 1.29 is 23.2 Å². The third-order valence-corrected chi connectivity index (χ3v) is 4.62. The van der Waals surface area contributed by atoms with E-state index >= 15 is 0 Å². The Kier molecular flexibility index (Phi) is 4.64. The van der Waals surface area contributed by atoms with Gasteiger partial charge in [0.2, 0.25) is 10.0 Å². The van der Waals surface area contributed by atoms with Crippen molar-refractivity contribution in [1.29, 1.82) is 0 Å². The topological polar surface area (TPSA) is 131 Å². The fourth-order valence-corrected chi connectivity index (χ4v) is 3.25. The highest BCUT2D eigenvalue weighted by molar-refractivity contribution is 7.89. The third-order valence-electron chi connectivity index (χ3n) is 2.52. The first-order chi connectivity index (χ1) is 9.46. The molecule has 0 spiro atoms. The molecule has 0 atom stereocenters. The number of aromatic nitrogens is 1. The van der Waals surface area contributed by atoms with Crippen molar-refractivity contribution in [1.82, 2.24) is 9.29 Å². The van der Waals surface area contributed by atoms with Crippen LogP contribution in [0.4, 0.5) is 5.82 Å². The third kappa shape index (κ3) is 3.95. The number of nitro groups is 1. The van der Waals surface area contributed by atoms with E-state index < -0.39 is 38.8 Å². The van der Waals surface area contributed by atoms with Gasteiger partial charge in [0, 0.05) is 11.6 Å². The van der Waals surface area contributed by atoms with Gasteiger partial charge in [-0.25, -0.2) is 8.42 Å². The van der Waals surface area contributed by atoms with E-state index in [9.17, 15) is 23.3 Å². The molecule has 10 heteroatoms. The fraction of sp³-hybridized carbons (Fsp3) is 0.455. The van der Waals surface area contributed by atoms with Crippen molar-refractivity contribution in [3.63, 3.8) is 0 Å². The Bertz CT molecular complexity index is 648. The maximum absolute atomic E-state index is 12.4. The van der Waals surface area contributed by atoms with Gasteiger partial charge in [0.05, 0.1) is 0 Å². The number of rotatable bonds is 5. The molecule has 0 saturated carbocycles. The molecular weight excluding hydrogens is 302 g/mol. The molecule has 0 unspecified atom stereocenters. The SMILES string of the molecule is CC(C)(C)N(CC(=O)O)S(=O)(=O)c1ccc([N+](=O)[O-])nc1. The van der Waals surface area contributed by atoms with Crippen LogP contribution in [0.15, 0.2) is 23.2 Å². The van der Waals surface area contributed by atoms with Gasteiger partial charge in [-0.15, -0.1) is 0 Å². The minimum atomic E-state index is -4.13. The fourth-order valence-electron chi connectivity index (χ4n) is 1.57. The maximum Gasteiger partial charge on any atom is 0.363 e. The van der Waals surface area contributed by atoms with Crippen molar-refractivity contribution >= 4 is 21.8 Å². The van der Waals surface area contributed by atoms with Gasteiger partial charge in [-0.1, -0.05) is 0 Å². The zero-order chi connectivity index (χ0) is 16.4. The predicted octanol–water partition coefficient (Wildman–Crippen LogP) is 0.864. The number of carbonyl (C=O) groups is 1. The molecule has 1 heterocycles. The highest BCUT2D eigenvalue weighted by Gasteiger charge is 2.36. The number of hydrogen-bond acceptors (Lipinski definition) is 6. The van der Waals surface area contributed by atoms with E-state index in [1.54, 1.807) is 20.8 Å². The quantitative estimate of drug-likeness (QED) is 0.629. The summed E-state index contributed by atoms with van der Waals surface area (Å²) in [7, 11) is -4.13. The second kappa shape index (κ2) is 5.74. The molecule has 116 valence electrons. The van der Waals surface area contributed by atoms with Crippen LogP contribution in [0.5, 0.6) is 0 Å². The van der Waals surface area contributed by atoms with Crippen LogP contribution in [0.3, 0.4) is 0 Å². The summed E-state index contributed by atoms with van der Waals surface area (Å²) in [5.74, 6) is -1.79. The summed E-state index contributed by atoms with van der Waals surface area (Å²) in [5, 5.41) is 19.4. The van der Waals surface area contributed by atoms with Crippen LogP contribution in [-0.4, -0.2) is 45.8 Å². The Morgan fingerprint density at radius 1 is 1.43 bits per heavy atom. The number of carboxylic acid groups (broad SMARTS) is 1. The Morgan fingerprint density at radius 2 is 2.00 bits per heavy atom. The molecular formula is C11H15N3O6S. The number of carboxylic acids is 1. The van der Waals surface area contributed by atoms with E-state index in [1.807, 2.05) is 0 Å². The number of nitrogens with zero attached hydrogens (tertiary/aromatic N) is 3. The van der Waals surface area contributed by atoms with Gasteiger partial charge in [0.1, 0.15) is 11.4 Å². The lowest BCUT2D eigenvalue weighted by molar-refractivity contribution is -0.389. The second-order valence-corrected chi connectivity index (χ2v) is 7.05. The van der Waals surface area contributed by atoms with Crippen molar-refractivity contribution in [2.24, 2.45) is 0 Å². The number of hydrogen-bond donors (Lipinski definition) is 1. The van der Waals surface area contributed by atoms with Crippen molar-refractivity contribution in [3.05, 3.63) is 28.4 Å². The first kappa shape index (κ1) is 17.0. The average molecular weight is 317 g/mol. The van der Waals surface area contributed by atoms with Gasteiger partial charge in [-0.3, -0.25) is 4.79 Å². The molecule has 0 saturated heterocycles. The largest absolute Gasteiger partial charge is 0.480 e. The van der Waals surface area contributed by atoms with Crippen LogP contribution in [0.2, 0.25) is 0 Å². The van der Waals surface area contributed by atoms with Gasteiger partial charge >= 0.3 is 11.8 Å². The summed E-state index contributed by atoms with van der Waals surface area (Å²) >= 11 is 0. The minimum Gasteiger partial charge on any atom is -0.480 e. The molecule has 21 heavy (non-hydrogen) atoms. The molecule has 0 aliphatic carbocycles. The summed E-state index contributed by atoms with van der Waals surface area (Å²) in [6, 6.07) is 1.98. The Balaban J connectivity index is 3.28. The smallest absolute Gasteiger partial charge is 0.363 e. The molecule has 0 aliphatic rings. The molecule has 0 fully saturated rings. The Hall–Kier alpha value is -2.07. The van der Waals surface area contributed by atoms with Crippen LogP contribution in [0, 0.1) is 10.1 Å². The van der Waals surface area contributed by atoms with Gasteiger partial charge in [-0.05, 0) is 36.7 Å². The summed E-state index contributed by atoms with van der Waals surface area (Å²) in [5.41, 5.74) is -0.973. The number of pyridine rings is 1. The van der Waals surface area contributed by atoms with Crippen LogP contribution in [-0.2, 0) is 14.8 Å². The monoisotopic (exact) mass is 317 g/mol. The molecule has 9 nitrogen and oxygen atoms in total. The van der Waals surface area contributed by atoms with Gasteiger partial charge in [0.25, 0.3) is 0 Å². The summed E-state index contributed by atoms with van der Waals surface area (Å²) in [6.45, 7) is 3.92. The lowest BCUT2D eigenvalue weighted by Crippen LogP contribution is -2.48. The molecule has 1 aromatic rings. The van der Waals surface area contributed by atoms with Crippen LogP contribution in [0.1, 0.15) is 20.8 Å². The van der Waals surface area contributed by atoms with Crippen molar-refractivity contribution in [2.45, 2.75) is 31.2 Å². The zero-order valence-corrected chi connectivity index (χ0v) is 12.5. The second-order valence-electron chi connectivity index (χ2n) is 5.19. The van der Waals surface area contributed by atoms with Crippen LogP contribution >= 0.6 is 0 Å². The van der Waals surface area contributed by atoms with Gasteiger partial charge < -0.3 is 15.2 Å². The highest BCUT2D eigenvalue weighted by Crippen LogP contribution is 2.24. The lowest BCUT2D eigenvalue weighted by Gasteiger charge is -2.32. The molecule has 1 N–H and O–H groups in total. The van der Waals surface area contributed by atoms with E-state index in [1.165, 1.54) is 0 Å². The van der Waals surface area contributed by atoms with E-state index in [-0.39, 0.29) is 4.90 Å². The maximum atomic E-state index is 12.4. The first-order valence-electron chi connectivity index (χ1n) is 5.81. The molecule has 1 rings (SSSR count). The van der Waals surface area contributed by atoms with Gasteiger partial charge in [0.15, 0.2) is 6.20 Å². The van der Waals surface area contributed by atoms with E-state index in [0.29, 0.717) is 0 Å². The van der Waals surface area contributed by atoms with E-state index in [0.717, 1.165) is 22.6 Å². The molecule has 0 radical (unpaired) electrons. The molecule has 0 aliphatic heterocycles. The van der Waals surface area contributed by atoms with E-state index in [2.05, 4.69) is 4.98 Å². The zero-order valence-electron chi connectivity index (χ0n) is 11.7. The summed E-state index contributed by atoms with van der Waals surface area (Å²) in [4.78, 5) is 23.8. The predicted molar refractivity (Wildman–Crippen MR) is 72.2 cm³/mol. The molecule has 0 aromatic carbocycles. The first-order valence-corrected chi connectivity index (χ1v) is 7.25. The highest BCUT2D eigenvalue weighted by atomic mass is 32.2. The standard InChI is InChI=1S/C11H15N3O6S/c1-11(2,3)13(7-10(15)16)21(19,20)8-4-5-9(12-6-8)14(17)18/h4-6H,7H2,1-3H3,(H,15,16). The molecule has 0 bridgehead atoms. The minimum absolute atomic E-state index is 0.302. The average Bonchev–Trinajstić information content (AvgIpc) is 2.34. The molecule has 1 aromatic heterocycles. The van der Waals surface area contributed by atoms with Gasteiger partial charge in [-0.2, -0.15) is 4.31 Å². The number of sulfonamides is 1.